The van der Waals surface area contributed by atoms with E-state index in [1.54, 1.807) is 0 Å². The first kappa shape index (κ1) is 16.3. The molecule has 2 rings (SSSR count). The summed E-state index contributed by atoms with van der Waals surface area (Å²) in [5, 5.41) is 20.6. The molecule has 1 aliphatic rings. The number of halogens is 3. The third kappa shape index (κ3) is 3.77. The summed E-state index contributed by atoms with van der Waals surface area (Å²) in [7, 11) is 0. The van der Waals surface area contributed by atoms with E-state index < -0.39 is 23.9 Å². The van der Waals surface area contributed by atoms with Crippen LogP contribution in [0.2, 0.25) is 0 Å². The molecule has 5 heteroatoms. The van der Waals surface area contributed by atoms with Gasteiger partial charge in [0.05, 0.1) is 11.7 Å². The maximum absolute atomic E-state index is 12.6. The van der Waals surface area contributed by atoms with Gasteiger partial charge in [-0.2, -0.15) is 13.2 Å². The van der Waals surface area contributed by atoms with Gasteiger partial charge >= 0.3 is 6.18 Å². The summed E-state index contributed by atoms with van der Waals surface area (Å²) in [6.07, 6.45) is -1.53. The van der Waals surface area contributed by atoms with E-state index in [2.05, 4.69) is 0 Å². The Morgan fingerprint density at radius 2 is 1.71 bits per heavy atom. The first-order valence-electron chi connectivity index (χ1n) is 7.34. The second kappa shape index (κ2) is 6.36. The van der Waals surface area contributed by atoms with Gasteiger partial charge < -0.3 is 10.2 Å². The van der Waals surface area contributed by atoms with Crippen LogP contribution in [0.25, 0.3) is 0 Å². The van der Waals surface area contributed by atoms with E-state index in [-0.39, 0.29) is 5.92 Å². The zero-order valence-electron chi connectivity index (χ0n) is 12.0. The smallest absolute Gasteiger partial charge is 0.390 e. The average molecular weight is 302 g/mol. The second-order valence-corrected chi connectivity index (χ2v) is 5.90. The molecule has 0 amide bonds. The van der Waals surface area contributed by atoms with Gasteiger partial charge in [-0.15, -0.1) is 0 Å². The van der Waals surface area contributed by atoms with Crippen LogP contribution in [0.5, 0.6) is 0 Å². The van der Waals surface area contributed by atoms with Gasteiger partial charge in [-0.25, -0.2) is 0 Å². The highest BCUT2D eigenvalue weighted by Gasteiger charge is 2.33. The molecule has 1 aromatic rings. The molecule has 0 aromatic heterocycles. The highest BCUT2D eigenvalue weighted by Crippen LogP contribution is 2.35. The van der Waals surface area contributed by atoms with Crippen molar-refractivity contribution in [2.45, 2.75) is 57.4 Å². The minimum atomic E-state index is -4.39. The number of hydrogen-bond acceptors (Lipinski definition) is 2. The fourth-order valence-electron chi connectivity index (χ4n) is 3.10. The summed E-state index contributed by atoms with van der Waals surface area (Å²) < 4.78 is 37.9. The summed E-state index contributed by atoms with van der Waals surface area (Å²) in [5.41, 5.74) is -0.00337. The Balaban J connectivity index is 2.16. The number of hydrogen-bond donors (Lipinski definition) is 2. The number of alkyl halides is 3. The van der Waals surface area contributed by atoms with Crippen molar-refractivity contribution < 1.29 is 23.4 Å². The molecule has 2 N–H and O–H groups in total. The van der Waals surface area contributed by atoms with Gasteiger partial charge in [-0.3, -0.25) is 0 Å². The van der Waals surface area contributed by atoms with Gasteiger partial charge in [-0.05, 0) is 48.9 Å². The highest BCUT2D eigenvalue weighted by atomic mass is 19.4. The Hall–Kier alpha value is -1.07. The van der Waals surface area contributed by atoms with E-state index in [9.17, 15) is 23.4 Å². The van der Waals surface area contributed by atoms with Crippen LogP contribution < -0.4 is 0 Å². The van der Waals surface area contributed by atoms with Crippen LogP contribution in [0.4, 0.5) is 13.2 Å². The second-order valence-electron chi connectivity index (χ2n) is 5.90. The molecule has 1 aromatic carbocycles. The molecule has 2 unspecified atom stereocenters. The third-order valence-electron chi connectivity index (χ3n) is 4.37. The van der Waals surface area contributed by atoms with E-state index in [1.807, 2.05) is 0 Å². The van der Waals surface area contributed by atoms with Crippen molar-refractivity contribution in [3.63, 3.8) is 0 Å². The van der Waals surface area contributed by atoms with Crippen molar-refractivity contribution in [2.75, 3.05) is 0 Å². The monoisotopic (exact) mass is 302 g/mol. The maximum atomic E-state index is 12.6. The molecule has 1 saturated carbocycles. The summed E-state index contributed by atoms with van der Waals surface area (Å²) >= 11 is 0. The van der Waals surface area contributed by atoms with Crippen LogP contribution in [0, 0.1) is 12.8 Å². The predicted octanol–water partition coefficient (Wildman–Crippen LogP) is 3.99. The molecular weight excluding hydrogens is 281 g/mol. The lowest BCUT2D eigenvalue weighted by atomic mass is 9.81. The zero-order valence-corrected chi connectivity index (χ0v) is 12.0. The molecular formula is C16H21F3O2. The molecule has 0 spiro atoms. The zero-order chi connectivity index (χ0) is 15.6. The van der Waals surface area contributed by atoms with Crippen LogP contribution in [-0.2, 0) is 6.18 Å². The summed E-state index contributed by atoms with van der Waals surface area (Å²) in [6.45, 7) is 1.53. The van der Waals surface area contributed by atoms with E-state index >= 15 is 0 Å². The molecule has 1 aliphatic carbocycles. The standard InChI is InChI=1S/C16H21F3O2/c1-10-9-12(16(17,18)19)7-8-13(10)15(21)14(20)11-5-3-2-4-6-11/h7-9,11,14-15,20-21H,2-6H2,1H3. The minimum Gasteiger partial charge on any atom is -0.390 e. The predicted molar refractivity (Wildman–Crippen MR) is 73.7 cm³/mol. The van der Waals surface area contributed by atoms with Crippen LogP contribution in [0.1, 0.15) is 54.9 Å². The minimum absolute atomic E-state index is 0.0236. The fraction of sp³-hybridized carbons (Fsp3) is 0.625. The molecule has 2 nitrogen and oxygen atoms in total. The SMILES string of the molecule is Cc1cc(C(F)(F)F)ccc1C(O)C(O)C1CCCCC1. The number of aryl methyl sites for hydroxylation is 1. The fourth-order valence-corrected chi connectivity index (χ4v) is 3.10. The molecule has 0 heterocycles. The lowest BCUT2D eigenvalue weighted by molar-refractivity contribution is -0.137. The van der Waals surface area contributed by atoms with Crippen molar-refractivity contribution in [2.24, 2.45) is 5.92 Å². The molecule has 21 heavy (non-hydrogen) atoms. The number of benzene rings is 1. The van der Waals surface area contributed by atoms with Gasteiger partial charge in [0.25, 0.3) is 0 Å². The molecule has 0 saturated heterocycles. The summed E-state index contributed by atoms with van der Waals surface area (Å²) in [4.78, 5) is 0. The van der Waals surface area contributed by atoms with Gasteiger partial charge in [0.2, 0.25) is 0 Å². The molecule has 0 radical (unpaired) electrons. The first-order valence-corrected chi connectivity index (χ1v) is 7.34. The Morgan fingerprint density at radius 1 is 1.10 bits per heavy atom. The van der Waals surface area contributed by atoms with Gasteiger partial charge in [-0.1, -0.05) is 25.3 Å². The average Bonchev–Trinajstić information content (AvgIpc) is 2.45. The summed E-state index contributed by atoms with van der Waals surface area (Å²) in [6, 6.07) is 3.25. The normalized spacial score (nSPS) is 20.3. The molecule has 1 fully saturated rings. The topological polar surface area (TPSA) is 40.5 Å². The van der Waals surface area contributed by atoms with Crippen LogP contribution >= 0.6 is 0 Å². The van der Waals surface area contributed by atoms with E-state index in [1.165, 1.54) is 13.0 Å². The van der Waals surface area contributed by atoms with Crippen molar-refractivity contribution >= 4 is 0 Å². The number of aliphatic hydroxyl groups excluding tert-OH is 2. The molecule has 0 bridgehead atoms. The van der Waals surface area contributed by atoms with Crippen LogP contribution in [-0.4, -0.2) is 16.3 Å². The highest BCUT2D eigenvalue weighted by molar-refractivity contribution is 5.34. The summed E-state index contributed by atoms with van der Waals surface area (Å²) in [5.74, 6) is 0.0236. The lowest BCUT2D eigenvalue weighted by Gasteiger charge is -2.30. The van der Waals surface area contributed by atoms with Gasteiger partial charge in [0, 0.05) is 0 Å². The Labute approximate surface area is 122 Å². The first-order chi connectivity index (χ1) is 9.80. The van der Waals surface area contributed by atoms with Gasteiger partial charge in [0.1, 0.15) is 6.10 Å². The Bertz CT molecular complexity index is 479. The Morgan fingerprint density at radius 3 is 2.24 bits per heavy atom. The Kier molecular flexibility index (Phi) is 4.94. The molecule has 2 atom stereocenters. The quantitative estimate of drug-likeness (QED) is 0.886. The van der Waals surface area contributed by atoms with Crippen molar-refractivity contribution in [3.8, 4) is 0 Å². The largest absolute Gasteiger partial charge is 0.416 e. The van der Waals surface area contributed by atoms with E-state index in [0.717, 1.165) is 44.2 Å². The number of aliphatic hydroxyl groups is 2. The molecule has 118 valence electrons. The third-order valence-corrected chi connectivity index (χ3v) is 4.37. The van der Waals surface area contributed by atoms with Crippen LogP contribution in [0.15, 0.2) is 18.2 Å². The van der Waals surface area contributed by atoms with Crippen molar-refractivity contribution in [3.05, 3.63) is 34.9 Å². The lowest BCUT2D eigenvalue weighted by Crippen LogP contribution is -2.29. The maximum Gasteiger partial charge on any atom is 0.416 e. The van der Waals surface area contributed by atoms with E-state index in [0.29, 0.717) is 11.1 Å². The van der Waals surface area contributed by atoms with Gasteiger partial charge in [0.15, 0.2) is 0 Å². The van der Waals surface area contributed by atoms with Crippen molar-refractivity contribution in [1.29, 1.82) is 0 Å². The molecule has 0 aliphatic heterocycles. The van der Waals surface area contributed by atoms with E-state index in [4.69, 9.17) is 0 Å². The number of rotatable bonds is 3. The van der Waals surface area contributed by atoms with Crippen LogP contribution in [0.3, 0.4) is 0 Å². The van der Waals surface area contributed by atoms with Crippen molar-refractivity contribution in [1.82, 2.24) is 0 Å².